The van der Waals surface area contributed by atoms with Gasteiger partial charge in [-0.1, -0.05) is 17.7 Å². The number of carbonyl (C=O) groups is 2. The number of aromatic nitrogens is 1. The molecular weight excluding hydrogens is 459 g/mol. The van der Waals surface area contributed by atoms with E-state index in [1.807, 2.05) is 25.1 Å². The van der Waals surface area contributed by atoms with Gasteiger partial charge in [0, 0.05) is 21.6 Å². The van der Waals surface area contributed by atoms with E-state index in [9.17, 15) is 14.0 Å². The van der Waals surface area contributed by atoms with Crippen LogP contribution in [0.25, 0.3) is 10.9 Å². The highest BCUT2D eigenvalue weighted by atomic mass is 35.5. The molecule has 1 amide bonds. The van der Waals surface area contributed by atoms with E-state index in [2.05, 4.69) is 22.1 Å². The number of fused-ring (bicyclic) bond motifs is 1. The maximum atomic E-state index is 13.9. The van der Waals surface area contributed by atoms with Crippen molar-refractivity contribution < 1.29 is 23.6 Å². The third-order valence-corrected chi connectivity index (χ3v) is 6.65. The number of nitrogens with zero attached hydrogens (tertiary/aromatic N) is 1. The van der Waals surface area contributed by atoms with Crippen molar-refractivity contribution in [3.05, 3.63) is 58.5 Å². The first-order chi connectivity index (χ1) is 16.3. The molecule has 1 fully saturated rings. The lowest BCUT2D eigenvalue weighted by molar-refractivity contribution is -0.914. The fraction of sp³-hybridized carbons (Fsp3) is 0.360. The van der Waals surface area contributed by atoms with Crippen molar-refractivity contribution in [2.24, 2.45) is 0 Å². The first-order valence-corrected chi connectivity index (χ1v) is 11.8. The van der Waals surface area contributed by atoms with Crippen LogP contribution in [0, 0.1) is 12.7 Å². The largest absolute Gasteiger partial charge is 0.461 e. The molecule has 1 aliphatic heterocycles. The summed E-state index contributed by atoms with van der Waals surface area (Å²) in [5.41, 5.74) is 3.18. The van der Waals surface area contributed by atoms with Gasteiger partial charge in [-0.15, -0.1) is 0 Å². The summed E-state index contributed by atoms with van der Waals surface area (Å²) >= 11 is 6.19. The average molecular weight is 488 g/mol. The summed E-state index contributed by atoms with van der Waals surface area (Å²) in [6, 6.07) is 9.64. The molecule has 1 saturated heterocycles. The fourth-order valence-corrected chi connectivity index (χ4v) is 4.62. The highest BCUT2D eigenvalue weighted by Crippen LogP contribution is 2.29. The van der Waals surface area contributed by atoms with Crippen LogP contribution in [-0.4, -0.2) is 55.7 Å². The highest BCUT2D eigenvalue weighted by Gasteiger charge is 2.31. The second kappa shape index (κ2) is 10.0. The molecule has 4 rings (SSSR count). The number of ether oxygens (including phenoxy) is 1. The van der Waals surface area contributed by atoms with Gasteiger partial charge < -0.3 is 24.8 Å². The standard InChI is InChI=1S/C25H28ClFN4O3/c1-4-34-25(33)23-22(19-14-18(27)7-8-20(19)28-23)29-24(32)16(3)30-9-11-31(12-10-30)21-13-17(26)6-5-15(21)2/h5-8,13-14,16,28H,4,9-12H2,1-3H3,(H,29,32)/p+1/t16-/m1/s1. The molecule has 180 valence electrons. The minimum Gasteiger partial charge on any atom is -0.461 e. The van der Waals surface area contributed by atoms with Crippen LogP contribution < -0.4 is 15.1 Å². The Kier molecular flexibility index (Phi) is 7.09. The molecule has 0 spiro atoms. The first-order valence-electron chi connectivity index (χ1n) is 11.4. The molecule has 1 aliphatic rings. The van der Waals surface area contributed by atoms with Gasteiger partial charge in [0.05, 0.1) is 38.5 Å². The lowest BCUT2D eigenvalue weighted by Gasteiger charge is -2.36. The number of aryl methyl sites for hydroxylation is 1. The molecule has 0 bridgehead atoms. The van der Waals surface area contributed by atoms with E-state index in [1.54, 1.807) is 6.92 Å². The summed E-state index contributed by atoms with van der Waals surface area (Å²) in [5.74, 6) is -1.29. The maximum absolute atomic E-state index is 13.9. The van der Waals surface area contributed by atoms with E-state index in [0.717, 1.165) is 42.3 Å². The first kappa shape index (κ1) is 24.0. The molecule has 3 N–H and O–H groups in total. The smallest absolute Gasteiger partial charge is 0.356 e. The quantitative estimate of drug-likeness (QED) is 0.467. The van der Waals surface area contributed by atoms with Crippen LogP contribution in [0.15, 0.2) is 36.4 Å². The second-order valence-corrected chi connectivity index (χ2v) is 9.01. The molecule has 0 unspecified atom stereocenters. The number of quaternary nitrogens is 1. The lowest BCUT2D eigenvalue weighted by Crippen LogP contribution is -3.19. The topological polar surface area (TPSA) is 78.9 Å². The number of nitrogens with one attached hydrogen (secondary N) is 3. The Morgan fingerprint density at radius 3 is 2.68 bits per heavy atom. The Balaban J connectivity index is 1.49. The van der Waals surface area contributed by atoms with Crippen LogP contribution in [0.1, 0.15) is 29.9 Å². The summed E-state index contributed by atoms with van der Waals surface area (Å²) in [4.78, 5) is 32.1. The van der Waals surface area contributed by atoms with Gasteiger partial charge in [-0.05, 0) is 56.7 Å². The molecule has 0 aliphatic carbocycles. The number of esters is 1. The zero-order valence-corrected chi connectivity index (χ0v) is 20.3. The van der Waals surface area contributed by atoms with E-state index in [4.69, 9.17) is 16.3 Å². The SMILES string of the molecule is CCOC(=O)c1[nH]c2ccc(F)cc2c1NC(=O)[C@@H](C)[NH+]1CCN(c2cc(Cl)ccc2C)CC1. The third-order valence-electron chi connectivity index (χ3n) is 6.41. The molecule has 7 nitrogen and oxygen atoms in total. The minimum absolute atomic E-state index is 0.110. The Hall–Kier alpha value is -3.10. The van der Waals surface area contributed by atoms with Gasteiger partial charge in [-0.2, -0.15) is 0 Å². The van der Waals surface area contributed by atoms with Gasteiger partial charge in [-0.25, -0.2) is 9.18 Å². The van der Waals surface area contributed by atoms with Crippen molar-refractivity contribution in [2.75, 3.05) is 43.0 Å². The van der Waals surface area contributed by atoms with Crippen LogP contribution in [0.4, 0.5) is 15.8 Å². The van der Waals surface area contributed by atoms with Crippen molar-refractivity contribution in [3.63, 3.8) is 0 Å². The van der Waals surface area contributed by atoms with Crippen molar-refractivity contribution in [3.8, 4) is 0 Å². The van der Waals surface area contributed by atoms with Gasteiger partial charge >= 0.3 is 5.97 Å². The fourth-order valence-electron chi connectivity index (χ4n) is 4.46. The number of aromatic amines is 1. The lowest BCUT2D eigenvalue weighted by atomic mass is 10.1. The third kappa shape index (κ3) is 4.88. The Morgan fingerprint density at radius 1 is 1.24 bits per heavy atom. The van der Waals surface area contributed by atoms with Crippen molar-refractivity contribution in [1.82, 2.24) is 4.98 Å². The van der Waals surface area contributed by atoms with Crippen molar-refractivity contribution in [1.29, 1.82) is 0 Å². The molecule has 1 aromatic heterocycles. The van der Waals surface area contributed by atoms with Crippen LogP contribution >= 0.6 is 11.6 Å². The number of benzene rings is 2. The van der Waals surface area contributed by atoms with Crippen molar-refractivity contribution in [2.45, 2.75) is 26.8 Å². The number of hydrogen-bond acceptors (Lipinski definition) is 4. The summed E-state index contributed by atoms with van der Waals surface area (Å²) in [6.07, 6.45) is 0. The van der Waals surface area contributed by atoms with Crippen LogP contribution in [0.5, 0.6) is 0 Å². The Labute approximate surface area is 202 Å². The average Bonchev–Trinajstić information content (AvgIpc) is 3.18. The maximum Gasteiger partial charge on any atom is 0.356 e. The molecule has 1 atom stereocenters. The van der Waals surface area contributed by atoms with E-state index in [-0.39, 0.29) is 29.9 Å². The number of piperazine rings is 1. The number of halogens is 2. The second-order valence-electron chi connectivity index (χ2n) is 8.57. The van der Waals surface area contributed by atoms with E-state index >= 15 is 0 Å². The summed E-state index contributed by atoms with van der Waals surface area (Å²) in [7, 11) is 0. The molecule has 34 heavy (non-hydrogen) atoms. The Morgan fingerprint density at radius 2 is 1.97 bits per heavy atom. The predicted octanol–water partition coefficient (Wildman–Crippen LogP) is 3.18. The summed E-state index contributed by atoms with van der Waals surface area (Å²) < 4.78 is 19.1. The van der Waals surface area contributed by atoms with Crippen LogP contribution in [0.2, 0.25) is 5.02 Å². The van der Waals surface area contributed by atoms with Crippen LogP contribution in [-0.2, 0) is 9.53 Å². The monoisotopic (exact) mass is 487 g/mol. The molecule has 0 radical (unpaired) electrons. The van der Waals surface area contributed by atoms with Gasteiger partial charge in [0.15, 0.2) is 6.04 Å². The number of amides is 1. The van der Waals surface area contributed by atoms with Gasteiger partial charge in [0.25, 0.3) is 5.91 Å². The number of H-pyrrole nitrogens is 1. The molecule has 3 aromatic rings. The highest BCUT2D eigenvalue weighted by molar-refractivity contribution is 6.30. The van der Waals surface area contributed by atoms with E-state index in [0.29, 0.717) is 15.9 Å². The number of anilines is 2. The normalized spacial score (nSPS) is 15.4. The van der Waals surface area contributed by atoms with Crippen molar-refractivity contribution >= 4 is 45.8 Å². The molecule has 9 heteroatoms. The Bertz CT molecular complexity index is 1220. The van der Waals surface area contributed by atoms with Gasteiger partial charge in [0.1, 0.15) is 11.5 Å². The van der Waals surface area contributed by atoms with E-state index in [1.165, 1.54) is 18.2 Å². The number of hydrogen-bond donors (Lipinski definition) is 3. The van der Waals surface area contributed by atoms with E-state index < -0.39 is 11.8 Å². The summed E-state index contributed by atoms with van der Waals surface area (Å²) in [6.45, 7) is 8.94. The molecular formula is C25H29ClFN4O3+. The predicted molar refractivity (Wildman–Crippen MR) is 131 cm³/mol. The minimum atomic E-state index is -0.597. The summed E-state index contributed by atoms with van der Waals surface area (Å²) in [5, 5.41) is 4.00. The number of carbonyl (C=O) groups excluding carboxylic acids is 2. The molecule has 2 aromatic carbocycles. The molecule has 0 saturated carbocycles. The zero-order chi connectivity index (χ0) is 24.4. The number of rotatable bonds is 6. The van der Waals surface area contributed by atoms with Gasteiger partial charge in [0.2, 0.25) is 0 Å². The van der Waals surface area contributed by atoms with Gasteiger partial charge in [-0.3, -0.25) is 4.79 Å². The zero-order valence-electron chi connectivity index (χ0n) is 19.5. The van der Waals surface area contributed by atoms with Crippen LogP contribution in [0.3, 0.4) is 0 Å². The molecule has 2 heterocycles.